The molecule has 0 aromatic carbocycles. The Bertz CT molecular complexity index is 1240. The number of aliphatic hydroxyl groups excluding tert-OH is 2. The van der Waals surface area contributed by atoms with Crippen LogP contribution in [0.25, 0.3) is 0 Å². The Kier molecular flexibility index (Phi) is 32.5. The molecule has 0 aliphatic rings. The van der Waals surface area contributed by atoms with E-state index in [4.69, 9.17) is 23.8 Å². The fourth-order valence-corrected chi connectivity index (χ4v) is 5.83. The summed E-state index contributed by atoms with van der Waals surface area (Å²) in [5, 5.41) is 19.7. The minimum Gasteiger partial charge on any atom is -0.462 e. The summed E-state index contributed by atoms with van der Waals surface area (Å²) < 4.78 is 47.5. The van der Waals surface area contributed by atoms with Crippen LogP contribution in [0.5, 0.6) is 0 Å². The number of allylic oxidation sites excluding steroid dienone is 8. The maximum absolute atomic E-state index is 12.6. The van der Waals surface area contributed by atoms with Gasteiger partial charge in [0, 0.05) is 12.8 Å². The molecule has 55 heavy (non-hydrogen) atoms. The van der Waals surface area contributed by atoms with Crippen molar-refractivity contribution in [1.29, 1.82) is 0 Å². The highest BCUT2D eigenvalue weighted by atomic mass is 31.2. The molecular weight excluding hydrogens is 754 g/mol. The first-order valence-corrected chi connectivity index (χ1v) is 22.5. The van der Waals surface area contributed by atoms with Gasteiger partial charge in [-0.25, -0.2) is 9.13 Å². The highest BCUT2D eigenvalue weighted by Gasteiger charge is 2.28. The van der Waals surface area contributed by atoms with Crippen molar-refractivity contribution in [2.45, 2.75) is 142 Å². The molecule has 0 aromatic heterocycles. The molecule has 0 amide bonds. The molecule has 3 unspecified atom stereocenters. The standard InChI is InChI=1S/C39H68O14P2/c1-4-6-7-8-16-21-26-35(40)27-22-17-11-9-10-12-18-23-28-38(42)49-32-37(33-52-55(47,48)51-31-36(41)30-50-54(44,45)46)53-39(43)29-24-19-14-13-15-20-25-34(3)5-2/h6-7,10-12,16-17,21-22,27,34-37,40-41H,4-5,8-9,13-15,18-20,23-26,28-33H2,1-3H3,(H,47,48)(H2,44,45,46)/b7-6-,12-10-,17-11-,21-16-,27-22+/t34?,35?,36-,37+/m0/s1. The second kappa shape index (κ2) is 33.9. The zero-order chi connectivity index (χ0) is 41.2. The van der Waals surface area contributed by atoms with Gasteiger partial charge in [0.2, 0.25) is 0 Å². The van der Waals surface area contributed by atoms with Gasteiger partial charge in [0.05, 0.1) is 25.9 Å². The Hall–Kier alpha value is -2.22. The van der Waals surface area contributed by atoms with Gasteiger partial charge in [-0.15, -0.1) is 0 Å². The average molecular weight is 823 g/mol. The van der Waals surface area contributed by atoms with Crippen LogP contribution in [-0.4, -0.2) is 81.6 Å². The lowest BCUT2D eigenvalue weighted by molar-refractivity contribution is -0.161. The summed E-state index contributed by atoms with van der Waals surface area (Å²) >= 11 is 0. The van der Waals surface area contributed by atoms with Crippen LogP contribution in [0.3, 0.4) is 0 Å². The third-order valence-corrected chi connectivity index (χ3v) is 9.47. The van der Waals surface area contributed by atoms with Crippen molar-refractivity contribution < 1.29 is 66.7 Å². The highest BCUT2D eigenvalue weighted by molar-refractivity contribution is 7.47. The van der Waals surface area contributed by atoms with Crippen LogP contribution in [0.2, 0.25) is 0 Å². The lowest BCUT2D eigenvalue weighted by Gasteiger charge is -2.20. The monoisotopic (exact) mass is 822 g/mol. The normalized spacial score (nSPS) is 16.0. The second-order valence-electron chi connectivity index (χ2n) is 13.3. The van der Waals surface area contributed by atoms with E-state index in [2.05, 4.69) is 42.0 Å². The van der Waals surface area contributed by atoms with Crippen molar-refractivity contribution in [2.24, 2.45) is 5.92 Å². The Morgan fingerprint density at radius 3 is 2.00 bits per heavy atom. The van der Waals surface area contributed by atoms with Gasteiger partial charge in [-0.1, -0.05) is 126 Å². The first kappa shape index (κ1) is 52.8. The van der Waals surface area contributed by atoms with Crippen molar-refractivity contribution in [1.82, 2.24) is 0 Å². The van der Waals surface area contributed by atoms with Gasteiger partial charge >= 0.3 is 27.6 Å². The van der Waals surface area contributed by atoms with Gasteiger partial charge in [0.1, 0.15) is 12.7 Å². The molecular formula is C39H68O14P2. The van der Waals surface area contributed by atoms with E-state index in [0.29, 0.717) is 32.1 Å². The number of hydrogen-bond acceptors (Lipinski definition) is 11. The summed E-state index contributed by atoms with van der Waals surface area (Å²) in [6.45, 7) is 3.69. The largest absolute Gasteiger partial charge is 0.472 e. The topological polar surface area (TPSA) is 216 Å². The van der Waals surface area contributed by atoms with E-state index in [1.807, 2.05) is 36.5 Å². The zero-order valence-electron chi connectivity index (χ0n) is 33.0. The molecule has 5 N–H and O–H groups in total. The Morgan fingerprint density at radius 1 is 0.673 bits per heavy atom. The first-order valence-electron chi connectivity index (χ1n) is 19.5. The number of ether oxygens (including phenoxy) is 2. The van der Waals surface area contributed by atoms with E-state index in [1.165, 1.54) is 19.3 Å². The van der Waals surface area contributed by atoms with E-state index in [0.717, 1.165) is 44.4 Å². The zero-order valence-corrected chi connectivity index (χ0v) is 34.8. The predicted octanol–water partition coefficient (Wildman–Crippen LogP) is 8.10. The van der Waals surface area contributed by atoms with Crippen LogP contribution in [0.1, 0.15) is 124 Å². The summed E-state index contributed by atoms with van der Waals surface area (Å²) in [5.41, 5.74) is 0. The van der Waals surface area contributed by atoms with Crippen LogP contribution < -0.4 is 0 Å². The molecule has 0 saturated carbocycles. The third-order valence-electron chi connectivity index (χ3n) is 8.03. The highest BCUT2D eigenvalue weighted by Crippen LogP contribution is 2.43. The molecule has 5 atom stereocenters. The maximum atomic E-state index is 12.6. The number of carbonyl (C=O) groups excluding carboxylic acids is 2. The summed E-state index contributed by atoms with van der Waals surface area (Å²) in [6.07, 6.45) is 28.6. The number of carbonyl (C=O) groups is 2. The Labute approximate surface area is 328 Å². The second-order valence-corrected chi connectivity index (χ2v) is 16.0. The Balaban J connectivity index is 4.73. The smallest absolute Gasteiger partial charge is 0.462 e. The van der Waals surface area contributed by atoms with Crippen molar-refractivity contribution in [3.8, 4) is 0 Å². The summed E-state index contributed by atoms with van der Waals surface area (Å²) in [7, 11) is -9.70. The molecule has 0 saturated heterocycles. The number of phosphoric ester groups is 2. The predicted molar refractivity (Wildman–Crippen MR) is 213 cm³/mol. The lowest BCUT2D eigenvalue weighted by Crippen LogP contribution is -2.30. The van der Waals surface area contributed by atoms with Gasteiger partial charge in [-0.05, 0) is 50.9 Å². The number of esters is 2. The van der Waals surface area contributed by atoms with Crippen molar-refractivity contribution >= 4 is 27.6 Å². The number of unbranched alkanes of at least 4 members (excludes halogenated alkanes) is 6. The van der Waals surface area contributed by atoms with Crippen LogP contribution in [0, 0.1) is 5.92 Å². The molecule has 0 bridgehead atoms. The summed E-state index contributed by atoms with van der Waals surface area (Å²) in [4.78, 5) is 52.4. The van der Waals surface area contributed by atoms with Crippen LogP contribution in [-0.2, 0) is 41.8 Å². The summed E-state index contributed by atoms with van der Waals surface area (Å²) in [6, 6.07) is 0. The molecule has 0 spiro atoms. The van der Waals surface area contributed by atoms with E-state index < -0.39 is 72.3 Å². The van der Waals surface area contributed by atoms with E-state index >= 15 is 0 Å². The van der Waals surface area contributed by atoms with E-state index in [1.54, 1.807) is 12.2 Å². The van der Waals surface area contributed by atoms with Gasteiger partial charge in [-0.3, -0.25) is 23.2 Å². The van der Waals surface area contributed by atoms with Gasteiger partial charge < -0.3 is 34.4 Å². The minimum absolute atomic E-state index is 0.0825. The Morgan fingerprint density at radius 2 is 1.29 bits per heavy atom. The molecule has 16 heteroatoms. The van der Waals surface area contributed by atoms with Gasteiger partial charge in [0.25, 0.3) is 0 Å². The molecule has 0 heterocycles. The fraction of sp³-hybridized carbons (Fsp3) is 0.692. The molecule has 0 aromatic rings. The number of hydrogen-bond donors (Lipinski definition) is 5. The molecule has 0 fully saturated rings. The molecule has 318 valence electrons. The number of rotatable bonds is 35. The van der Waals surface area contributed by atoms with Gasteiger partial charge in [-0.2, -0.15) is 0 Å². The maximum Gasteiger partial charge on any atom is 0.472 e. The molecule has 0 radical (unpaired) electrons. The van der Waals surface area contributed by atoms with Crippen LogP contribution >= 0.6 is 15.6 Å². The first-order chi connectivity index (χ1) is 26.2. The van der Waals surface area contributed by atoms with E-state index in [-0.39, 0.29) is 12.8 Å². The minimum atomic E-state index is -4.87. The fourth-order valence-electron chi connectivity index (χ4n) is 4.68. The van der Waals surface area contributed by atoms with Crippen LogP contribution in [0.4, 0.5) is 0 Å². The van der Waals surface area contributed by atoms with Gasteiger partial charge in [0.15, 0.2) is 6.10 Å². The van der Waals surface area contributed by atoms with Crippen LogP contribution in [0.15, 0.2) is 60.8 Å². The molecule has 0 aliphatic carbocycles. The average Bonchev–Trinajstić information content (AvgIpc) is 3.13. The SMILES string of the molecule is CC/C=C\C/C=C\CC(O)/C=C/C=C\C/C=C\CCCC(=O)OC[C@H](COP(=O)(O)OC[C@@H](O)COP(=O)(O)O)OC(=O)CCCCCCCCC(C)CC. The quantitative estimate of drug-likeness (QED) is 0.0134. The van der Waals surface area contributed by atoms with Crippen molar-refractivity contribution in [3.05, 3.63) is 60.8 Å². The van der Waals surface area contributed by atoms with E-state index in [9.17, 15) is 33.8 Å². The summed E-state index contributed by atoms with van der Waals surface area (Å²) in [5.74, 6) is -0.420. The third kappa shape index (κ3) is 37.1. The molecule has 14 nitrogen and oxygen atoms in total. The molecule has 0 aliphatic heterocycles. The number of aliphatic hydroxyl groups is 2. The number of phosphoric acid groups is 2. The molecule has 0 rings (SSSR count). The van der Waals surface area contributed by atoms with Crippen molar-refractivity contribution in [2.75, 3.05) is 26.4 Å². The lowest BCUT2D eigenvalue weighted by atomic mass is 10.00. The van der Waals surface area contributed by atoms with Crippen molar-refractivity contribution in [3.63, 3.8) is 0 Å².